The molecule has 0 unspecified atom stereocenters. The first kappa shape index (κ1) is 25.0. The van der Waals surface area contributed by atoms with Crippen LogP contribution < -0.4 is 9.47 Å². The molecule has 2 aromatic carbocycles. The summed E-state index contributed by atoms with van der Waals surface area (Å²) in [5.41, 5.74) is 1.25. The van der Waals surface area contributed by atoms with Gasteiger partial charge in [0.2, 0.25) is 0 Å². The molecule has 4 saturated carbocycles. The number of imide groups is 1. The van der Waals surface area contributed by atoms with Crippen molar-refractivity contribution in [2.75, 3.05) is 7.11 Å². The van der Waals surface area contributed by atoms with E-state index in [9.17, 15) is 14.4 Å². The Morgan fingerprint density at radius 2 is 1.68 bits per heavy atom. The van der Waals surface area contributed by atoms with Crippen molar-refractivity contribution in [2.45, 2.75) is 45.1 Å². The van der Waals surface area contributed by atoms with E-state index in [1.165, 1.54) is 31.3 Å². The molecule has 0 radical (unpaired) electrons. The van der Waals surface area contributed by atoms with Crippen LogP contribution >= 0.6 is 34.4 Å². The van der Waals surface area contributed by atoms with Gasteiger partial charge in [-0.1, -0.05) is 18.2 Å². The van der Waals surface area contributed by atoms with Gasteiger partial charge in [0.25, 0.3) is 11.1 Å². The summed E-state index contributed by atoms with van der Waals surface area (Å²) in [7, 11) is 1.54. The van der Waals surface area contributed by atoms with Crippen LogP contribution in [0, 0.1) is 26.7 Å². The number of carbonyl (C=O) groups is 3. The maximum Gasteiger partial charge on any atom is 0.317 e. The number of benzene rings is 2. The number of rotatable bonds is 6. The quantitative estimate of drug-likeness (QED) is 0.154. The summed E-state index contributed by atoms with van der Waals surface area (Å²) in [5.74, 6) is 2.36. The second-order valence-corrected chi connectivity index (χ2v) is 13.1. The van der Waals surface area contributed by atoms with E-state index in [2.05, 4.69) is 22.6 Å². The number of esters is 1. The Labute approximate surface area is 234 Å². The fraction of sp³-hybridized carbons (Fsp3) is 0.414. The van der Waals surface area contributed by atoms with Crippen molar-refractivity contribution in [3.05, 3.63) is 62.1 Å². The van der Waals surface area contributed by atoms with E-state index in [0.717, 1.165) is 40.2 Å². The number of hydrogen-bond donors (Lipinski definition) is 0. The predicted molar refractivity (Wildman–Crippen MR) is 150 cm³/mol. The van der Waals surface area contributed by atoms with E-state index in [4.69, 9.17) is 9.47 Å². The van der Waals surface area contributed by atoms with Crippen LogP contribution in [0.2, 0.25) is 0 Å². The fourth-order valence-corrected chi connectivity index (χ4v) is 8.18. The second-order valence-electron chi connectivity index (χ2n) is 10.9. The summed E-state index contributed by atoms with van der Waals surface area (Å²) in [4.78, 5) is 40.6. The Bertz CT molecular complexity index is 1270. The SMILES string of the molecule is COc1cc(/C=C2\SC(=O)N(Cc3ccc(I)cc3)C2=O)ccc1OC(=O)C12CC3CC(CC(C3)C1)C2. The van der Waals surface area contributed by atoms with Crippen LogP contribution in [0.5, 0.6) is 11.5 Å². The molecule has 192 valence electrons. The fourth-order valence-electron chi connectivity index (χ4n) is 6.99. The molecule has 0 atom stereocenters. The van der Waals surface area contributed by atoms with Gasteiger partial charge in [-0.05, 0) is 132 Å². The summed E-state index contributed by atoms with van der Waals surface area (Å²) in [6.45, 7) is 0.238. The molecular weight excluding hydrogens is 601 g/mol. The van der Waals surface area contributed by atoms with Crippen molar-refractivity contribution in [1.82, 2.24) is 4.90 Å². The Hall–Kier alpha value is -2.33. The average Bonchev–Trinajstić information content (AvgIpc) is 3.12. The van der Waals surface area contributed by atoms with Gasteiger partial charge in [-0.3, -0.25) is 19.3 Å². The predicted octanol–water partition coefficient (Wildman–Crippen LogP) is 6.66. The van der Waals surface area contributed by atoms with Crippen molar-refractivity contribution in [3.63, 3.8) is 0 Å². The smallest absolute Gasteiger partial charge is 0.317 e. The van der Waals surface area contributed by atoms with Crippen molar-refractivity contribution in [2.24, 2.45) is 23.2 Å². The Kier molecular flexibility index (Phi) is 6.59. The van der Waals surface area contributed by atoms with Gasteiger partial charge in [-0.15, -0.1) is 0 Å². The molecule has 2 aromatic rings. The normalized spacial score (nSPS) is 29.3. The molecule has 4 aliphatic carbocycles. The largest absolute Gasteiger partial charge is 0.493 e. The van der Waals surface area contributed by atoms with Gasteiger partial charge >= 0.3 is 5.97 Å². The minimum Gasteiger partial charge on any atom is -0.493 e. The minimum absolute atomic E-state index is 0.130. The lowest BCUT2D eigenvalue weighted by Crippen LogP contribution is -2.51. The maximum absolute atomic E-state index is 13.4. The molecule has 5 fully saturated rings. The third kappa shape index (κ3) is 4.82. The lowest BCUT2D eigenvalue weighted by molar-refractivity contribution is -0.161. The first-order valence-corrected chi connectivity index (χ1v) is 14.6. The molecule has 0 N–H and O–H groups in total. The minimum atomic E-state index is -0.353. The number of nitrogens with zero attached hydrogens (tertiary/aromatic N) is 1. The number of ether oxygens (including phenoxy) is 2. The zero-order valence-corrected chi connectivity index (χ0v) is 23.5. The molecule has 7 rings (SSSR count). The standard InChI is InChI=1S/C29H28INO5S/c1-35-24-11-18(12-25-26(32)31(28(34)37-25)16-17-2-5-22(30)6-3-17)4-7-23(24)36-27(33)29-13-19-8-20(14-29)10-21(9-19)15-29/h2-7,11-12,19-21H,8-10,13-16H2,1H3/b25-12-. The van der Waals surface area contributed by atoms with Gasteiger partial charge in [0.1, 0.15) is 0 Å². The van der Waals surface area contributed by atoms with Crippen LogP contribution in [0.4, 0.5) is 4.79 Å². The molecule has 8 heteroatoms. The molecule has 1 saturated heterocycles. The molecule has 37 heavy (non-hydrogen) atoms. The summed E-state index contributed by atoms with van der Waals surface area (Å²) >= 11 is 3.15. The van der Waals surface area contributed by atoms with Gasteiger partial charge in [0.05, 0.1) is 24.0 Å². The molecule has 1 aliphatic heterocycles. The summed E-state index contributed by atoms with van der Waals surface area (Å²) in [6.07, 6.45) is 8.30. The van der Waals surface area contributed by atoms with E-state index in [0.29, 0.717) is 39.7 Å². The highest BCUT2D eigenvalue weighted by Crippen LogP contribution is 2.60. The third-order valence-corrected chi connectivity index (χ3v) is 9.91. The van der Waals surface area contributed by atoms with E-state index in [1.807, 2.05) is 24.3 Å². The monoisotopic (exact) mass is 629 g/mol. The van der Waals surface area contributed by atoms with Crippen molar-refractivity contribution in [3.8, 4) is 11.5 Å². The molecule has 6 nitrogen and oxygen atoms in total. The zero-order valence-electron chi connectivity index (χ0n) is 20.6. The van der Waals surface area contributed by atoms with Gasteiger partial charge in [-0.2, -0.15) is 0 Å². The Balaban J connectivity index is 1.17. The van der Waals surface area contributed by atoms with Crippen LogP contribution in [-0.4, -0.2) is 29.1 Å². The van der Waals surface area contributed by atoms with E-state index < -0.39 is 0 Å². The number of thioether (sulfide) groups is 1. The topological polar surface area (TPSA) is 72.9 Å². The zero-order chi connectivity index (χ0) is 25.7. The highest BCUT2D eigenvalue weighted by atomic mass is 127. The second kappa shape index (κ2) is 9.76. The number of methoxy groups -OCH3 is 1. The highest BCUT2D eigenvalue weighted by molar-refractivity contribution is 14.1. The van der Waals surface area contributed by atoms with E-state index >= 15 is 0 Å². The lowest BCUT2D eigenvalue weighted by atomic mass is 9.49. The Morgan fingerprint density at radius 3 is 2.30 bits per heavy atom. The number of hydrogen-bond acceptors (Lipinski definition) is 6. The highest BCUT2D eigenvalue weighted by Gasteiger charge is 2.55. The van der Waals surface area contributed by atoms with Crippen LogP contribution in [-0.2, 0) is 16.1 Å². The molecule has 0 spiro atoms. The van der Waals surface area contributed by atoms with Crippen LogP contribution in [0.15, 0.2) is 47.4 Å². The van der Waals surface area contributed by atoms with E-state index in [1.54, 1.807) is 24.3 Å². The van der Waals surface area contributed by atoms with Gasteiger partial charge in [0, 0.05) is 3.57 Å². The molecule has 2 amide bonds. The van der Waals surface area contributed by atoms with Crippen molar-refractivity contribution < 1.29 is 23.9 Å². The molecular formula is C29H28INO5S. The molecule has 5 aliphatic rings. The number of halogens is 1. The van der Waals surface area contributed by atoms with Crippen LogP contribution in [0.3, 0.4) is 0 Å². The van der Waals surface area contributed by atoms with Crippen molar-refractivity contribution >= 4 is 57.5 Å². The lowest BCUT2D eigenvalue weighted by Gasteiger charge is -2.55. The summed E-state index contributed by atoms with van der Waals surface area (Å²) in [5, 5.41) is -0.289. The third-order valence-electron chi connectivity index (χ3n) is 8.29. The van der Waals surface area contributed by atoms with Crippen LogP contribution in [0.25, 0.3) is 6.08 Å². The van der Waals surface area contributed by atoms with Gasteiger partial charge in [-0.25, -0.2) is 0 Å². The maximum atomic E-state index is 13.4. The Morgan fingerprint density at radius 1 is 1.03 bits per heavy atom. The molecule has 1 heterocycles. The van der Waals surface area contributed by atoms with E-state index in [-0.39, 0.29) is 29.1 Å². The van der Waals surface area contributed by atoms with Crippen molar-refractivity contribution in [1.29, 1.82) is 0 Å². The van der Waals surface area contributed by atoms with Gasteiger partial charge < -0.3 is 9.47 Å². The van der Waals surface area contributed by atoms with Crippen LogP contribution in [0.1, 0.15) is 49.7 Å². The first-order chi connectivity index (χ1) is 17.8. The summed E-state index contributed by atoms with van der Waals surface area (Å²) < 4.78 is 12.6. The molecule has 4 bridgehead atoms. The molecule has 0 aromatic heterocycles. The first-order valence-electron chi connectivity index (χ1n) is 12.7. The number of carbonyl (C=O) groups excluding carboxylic acids is 3. The summed E-state index contributed by atoms with van der Waals surface area (Å²) in [6, 6.07) is 13.0. The average molecular weight is 630 g/mol. The van der Waals surface area contributed by atoms with Gasteiger partial charge in [0.15, 0.2) is 11.5 Å². The number of amides is 2.